The quantitative estimate of drug-likeness (QED) is 0.659. The molecule has 114 valence electrons. The number of sulfonamides is 1. The van der Waals surface area contributed by atoms with E-state index in [0.717, 1.165) is 0 Å². The summed E-state index contributed by atoms with van der Waals surface area (Å²) in [6.07, 6.45) is 0.358. The molecule has 4 N–H and O–H groups in total. The zero-order valence-corrected chi connectivity index (χ0v) is 12.7. The van der Waals surface area contributed by atoms with Crippen molar-refractivity contribution in [1.29, 1.82) is 0 Å². The summed E-state index contributed by atoms with van der Waals surface area (Å²) in [4.78, 5) is 11.0. The highest BCUT2D eigenvalue weighted by molar-refractivity contribution is 7.89. The van der Waals surface area contributed by atoms with Crippen molar-refractivity contribution in [3.05, 3.63) is 29.3 Å². The van der Waals surface area contributed by atoms with Crippen LogP contribution in [0.1, 0.15) is 24.5 Å². The van der Waals surface area contributed by atoms with Gasteiger partial charge in [0.25, 0.3) is 0 Å². The smallest absolute Gasteiger partial charge is 0.241 e. The van der Waals surface area contributed by atoms with Gasteiger partial charge < -0.3 is 10.8 Å². The number of hydrogen-bond acceptors (Lipinski definition) is 4. The van der Waals surface area contributed by atoms with Crippen molar-refractivity contribution >= 4 is 15.9 Å². The van der Waals surface area contributed by atoms with Crippen LogP contribution in [0.5, 0.6) is 0 Å². The van der Waals surface area contributed by atoms with E-state index in [9.17, 15) is 13.2 Å². The van der Waals surface area contributed by atoms with Crippen LogP contribution in [0, 0.1) is 18.8 Å². The highest BCUT2D eigenvalue weighted by atomic mass is 32.2. The van der Waals surface area contributed by atoms with Crippen LogP contribution in [0.15, 0.2) is 23.1 Å². The van der Waals surface area contributed by atoms with Crippen molar-refractivity contribution in [2.75, 3.05) is 6.61 Å². The number of aliphatic hydroxyl groups is 1. The molecule has 0 heterocycles. The Morgan fingerprint density at radius 3 is 2.67 bits per heavy atom. The molecule has 0 saturated heterocycles. The van der Waals surface area contributed by atoms with Crippen molar-refractivity contribution in [3.8, 4) is 11.8 Å². The Labute approximate surface area is 124 Å². The maximum atomic E-state index is 12.1. The number of nitrogens with two attached hydrogens (primary N) is 1. The third-order valence-corrected chi connectivity index (χ3v) is 4.27. The van der Waals surface area contributed by atoms with E-state index in [4.69, 9.17) is 10.8 Å². The molecule has 1 aromatic rings. The molecule has 0 radical (unpaired) electrons. The van der Waals surface area contributed by atoms with E-state index in [-0.39, 0.29) is 11.5 Å². The maximum Gasteiger partial charge on any atom is 0.241 e. The molecule has 0 bridgehead atoms. The van der Waals surface area contributed by atoms with Crippen molar-refractivity contribution in [2.24, 2.45) is 5.73 Å². The topological polar surface area (TPSA) is 109 Å². The Hall–Kier alpha value is -1.88. The Morgan fingerprint density at radius 1 is 1.48 bits per heavy atom. The molecule has 0 aliphatic carbocycles. The van der Waals surface area contributed by atoms with Crippen LogP contribution in [-0.2, 0) is 14.8 Å². The predicted molar refractivity (Wildman–Crippen MR) is 78.7 cm³/mol. The molecule has 7 heteroatoms. The van der Waals surface area contributed by atoms with Crippen molar-refractivity contribution in [1.82, 2.24) is 4.72 Å². The van der Waals surface area contributed by atoms with Gasteiger partial charge in [0, 0.05) is 12.0 Å². The second-order valence-electron chi connectivity index (χ2n) is 4.50. The Morgan fingerprint density at radius 2 is 2.14 bits per heavy atom. The fraction of sp³-hybridized carbons (Fsp3) is 0.357. The number of primary amides is 1. The molecule has 1 unspecified atom stereocenters. The van der Waals surface area contributed by atoms with Gasteiger partial charge in [-0.05, 0) is 37.6 Å². The minimum Gasteiger partial charge on any atom is -0.395 e. The summed E-state index contributed by atoms with van der Waals surface area (Å²) in [7, 11) is -3.81. The summed E-state index contributed by atoms with van der Waals surface area (Å²) >= 11 is 0. The molecule has 0 saturated carbocycles. The van der Waals surface area contributed by atoms with Crippen LogP contribution < -0.4 is 10.5 Å². The summed E-state index contributed by atoms with van der Waals surface area (Å²) in [6, 6.07) is 3.48. The van der Waals surface area contributed by atoms with Gasteiger partial charge in [-0.3, -0.25) is 4.79 Å². The van der Waals surface area contributed by atoms with Gasteiger partial charge in [0.15, 0.2) is 0 Å². The number of hydrogen-bond donors (Lipinski definition) is 3. The molecule has 6 nitrogen and oxygen atoms in total. The first kappa shape index (κ1) is 17.2. The monoisotopic (exact) mass is 310 g/mol. The number of amides is 1. The van der Waals surface area contributed by atoms with Gasteiger partial charge >= 0.3 is 0 Å². The third kappa shape index (κ3) is 4.86. The number of carbonyl (C=O) groups is 1. The van der Waals surface area contributed by atoms with E-state index in [1.807, 2.05) is 0 Å². The number of rotatable bonds is 5. The van der Waals surface area contributed by atoms with Gasteiger partial charge in [0.2, 0.25) is 15.9 Å². The largest absolute Gasteiger partial charge is 0.395 e. The lowest BCUT2D eigenvalue weighted by molar-refractivity contribution is -0.119. The molecule has 0 aliphatic heterocycles. The summed E-state index contributed by atoms with van der Waals surface area (Å²) < 4.78 is 26.4. The normalized spacial score (nSPS) is 12.3. The number of carbonyl (C=O) groups excluding carboxylic acids is 1. The first-order valence-corrected chi connectivity index (χ1v) is 7.78. The minimum absolute atomic E-state index is 0.0204. The summed E-state index contributed by atoms with van der Waals surface area (Å²) in [5.41, 5.74) is 6.41. The van der Waals surface area contributed by atoms with Crippen LogP contribution in [0.3, 0.4) is 0 Å². The summed E-state index contributed by atoms with van der Waals surface area (Å²) in [5.74, 6) is 4.88. The standard InChI is InChI=1S/C14H18N2O4S/c1-10-9-13(7-6-12(10)5-3-4-8-17)21(19,20)16-11(2)14(15)18/h6-7,9,11,16-17H,4,8H2,1-2H3,(H2,15,18). The number of benzene rings is 1. The number of aliphatic hydroxyl groups excluding tert-OH is 1. The van der Waals surface area contributed by atoms with Crippen LogP contribution in [0.2, 0.25) is 0 Å². The fourth-order valence-corrected chi connectivity index (χ4v) is 2.81. The first-order chi connectivity index (χ1) is 9.77. The molecular formula is C14H18N2O4S. The summed E-state index contributed by atoms with van der Waals surface area (Å²) in [5, 5.41) is 8.67. The molecule has 0 aromatic heterocycles. The molecule has 1 rings (SSSR count). The van der Waals surface area contributed by atoms with E-state index in [1.165, 1.54) is 19.1 Å². The average molecular weight is 310 g/mol. The van der Waals surface area contributed by atoms with Gasteiger partial charge in [-0.25, -0.2) is 8.42 Å². The van der Waals surface area contributed by atoms with Gasteiger partial charge in [0.05, 0.1) is 17.5 Å². The number of aryl methyl sites for hydroxylation is 1. The Balaban J connectivity index is 3.03. The predicted octanol–water partition coefficient (Wildman–Crippen LogP) is -0.119. The van der Waals surface area contributed by atoms with Crippen LogP contribution in [0.4, 0.5) is 0 Å². The third-order valence-electron chi connectivity index (χ3n) is 2.73. The van der Waals surface area contributed by atoms with Gasteiger partial charge in [0.1, 0.15) is 0 Å². The van der Waals surface area contributed by atoms with Crippen molar-refractivity contribution in [2.45, 2.75) is 31.2 Å². The van der Waals surface area contributed by atoms with Gasteiger partial charge in [-0.1, -0.05) is 11.8 Å². The van der Waals surface area contributed by atoms with Gasteiger partial charge in [-0.2, -0.15) is 4.72 Å². The fourth-order valence-electron chi connectivity index (χ4n) is 1.52. The second-order valence-corrected chi connectivity index (χ2v) is 6.21. The Bertz CT molecular complexity index is 687. The van der Waals surface area contributed by atoms with Crippen molar-refractivity contribution < 1.29 is 18.3 Å². The molecule has 0 fully saturated rings. The zero-order chi connectivity index (χ0) is 16.0. The van der Waals surface area contributed by atoms with Crippen molar-refractivity contribution in [3.63, 3.8) is 0 Å². The molecule has 21 heavy (non-hydrogen) atoms. The first-order valence-electron chi connectivity index (χ1n) is 6.30. The van der Waals surface area contributed by atoms with Crippen LogP contribution in [-0.4, -0.2) is 32.1 Å². The van der Waals surface area contributed by atoms with Crippen LogP contribution >= 0.6 is 0 Å². The van der Waals surface area contributed by atoms with E-state index >= 15 is 0 Å². The molecule has 0 aliphatic rings. The molecule has 1 atom stereocenters. The van der Waals surface area contributed by atoms with Crippen LogP contribution in [0.25, 0.3) is 0 Å². The molecular weight excluding hydrogens is 292 g/mol. The molecule has 0 spiro atoms. The second kappa shape index (κ2) is 7.22. The molecule has 1 aromatic carbocycles. The highest BCUT2D eigenvalue weighted by Gasteiger charge is 2.20. The van der Waals surface area contributed by atoms with E-state index < -0.39 is 22.0 Å². The average Bonchev–Trinajstić information content (AvgIpc) is 2.40. The molecule has 1 amide bonds. The van der Waals surface area contributed by atoms with Gasteiger partial charge in [-0.15, -0.1) is 0 Å². The lowest BCUT2D eigenvalue weighted by atomic mass is 10.1. The van der Waals surface area contributed by atoms with E-state index in [1.54, 1.807) is 13.0 Å². The maximum absolute atomic E-state index is 12.1. The summed E-state index contributed by atoms with van der Waals surface area (Å²) in [6.45, 7) is 3.09. The zero-order valence-electron chi connectivity index (χ0n) is 11.9. The lowest BCUT2D eigenvalue weighted by Crippen LogP contribution is -2.42. The minimum atomic E-state index is -3.81. The Kier molecular flexibility index (Phi) is 5.90. The highest BCUT2D eigenvalue weighted by Crippen LogP contribution is 2.15. The van der Waals surface area contributed by atoms with E-state index in [0.29, 0.717) is 17.5 Å². The number of nitrogens with one attached hydrogen (secondary N) is 1. The van der Waals surface area contributed by atoms with E-state index in [2.05, 4.69) is 16.6 Å². The lowest BCUT2D eigenvalue weighted by Gasteiger charge is -2.11. The SMILES string of the molecule is Cc1cc(S(=O)(=O)NC(C)C(N)=O)ccc1C#CCCO.